The van der Waals surface area contributed by atoms with Crippen LogP contribution in [0.4, 0.5) is 0 Å². The highest BCUT2D eigenvalue weighted by molar-refractivity contribution is 6.31. The van der Waals surface area contributed by atoms with Gasteiger partial charge in [-0.1, -0.05) is 29.8 Å². The number of carbonyl (C=O) groups excluding carboxylic acids is 1. The second-order valence-corrected chi connectivity index (χ2v) is 6.27. The molecule has 0 bridgehead atoms. The summed E-state index contributed by atoms with van der Waals surface area (Å²) in [7, 11) is 0. The van der Waals surface area contributed by atoms with E-state index in [0.717, 1.165) is 16.5 Å². The molecule has 3 rings (SSSR count). The largest absolute Gasteiger partial charge is 0.479 e. The molecule has 0 aliphatic heterocycles. The van der Waals surface area contributed by atoms with E-state index in [4.69, 9.17) is 25.5 Å². The normalized spacial score (nSPS) is 12.0. The van der Waals surface area contributed by atoms with Crippen LogP contribution < -0.4 is 10.4 Å². The van der Waals surface area contributed by atoms with Gasteiger partial charge in [0.15, 0.2) is 6.10 Å². The zero-order valence-electron chi connectivity index (χ0n) is 14.3. The summed E-state index contributed by atoms with van der Waals surface area (Å²) in [6.45, 7) is 3.48. The van der Waals surface area contributed by atoms with Gasteiger partial charge in [-0.3, -0.25) is 0 Å². The minimum absolute atomic E-state index is 0.0675. The monoisotopic (exact) mass is 372 g/mol. The van der Waals surface area contributed by atoms with Crippen LogP contribution in [0, 0.1) is 6.92 Å². The number of hydrogen-bond donors (Lipinski definition) is 0. The van der Waals surface area contributed by atoms with Crippen molar-refractivity contribution in [2.45, 2.75) is 26.6 Å². The van der Waals surface area contributed by atoms with Gasteiger partial charge >= 0.3 is 11.6 Å². The van der Waals surface area contributed by atoms with Crippen molar-refractivity contribution in [3.05, 3.63) is 75.1 Å². The Kier molecular flexibility index (Phi) is 5.28. The van der Waals surface area contributed by atoms with Crippen LogP contribution in [0.1, 0.15) is 18.1 Å². The number of hydrogen-bond acceptors (Lipinski definition) is 5. The highest BCUT2D eigenvalue weighted by Gasteiger charge is 2.17. The maximum absolute atomic E-state index is 12.1. The van der Waals surface area contributed by atoms with E-state index in [1.165, 1.54) is 6.07 Å². The van der Waals surface area contributed by atoms with Crippen LogP contribution in [0.25, 0.3) is 11.0 Å². The number of rotatable bonds is 5. The van der Waals surface area contributed by atoms with Crippen LogP contribution >= 0.6 is 11.6 Å². The maximum atomic E-state index is 12.1. The van der Waals surface area contributed by atoms with Gasteiger partial charge in [-0.05, 0) is 37.6 Å². The summed E-state index contributed by atoms with van der Waals surface area (Å²) in [5.74, 6) is -0.107. The van der Waals surface area contributed by atoms with Gasteiger partial charge < -0.3 is 13.9 Å². The van der Waals surface area contributed by atoms with E-state index in [1.54, 1.807) is 43.3 Å². The Morgan fingerprint density at radius 1 is 1.19 bits per heavy atom. The Balaban J connectivity index is 1.68. The van der Waals surface area contributed by atoms with Gasteiger partial charge in [-0.2, -0.15) is 0 Å². The average molecular weight is 373 g/mol. The van der Waals surface area contributed by atoms with Gasteiger partial charge in [-0.25, -0.2) is 9.59 Å². The topological polar surface area (TPSA) is 65.7 Å². The first-order chi connectivity index (χ1) is 12.4. The number of benzene rings is 2. The van der Waals surface area contributed by atoms with E-state index < -0.39 is 17.7 Å². The quantitative estimate of drug-likeness (QED) is 0.494. The Labute approximate surface area is 155 Å². The molecule has 0 aliphatic carbocycles. The van der Waals surface area contributed by atoms with Crippen molar-refractivity contribution in [3.8, 4) is 5.75 Å². The third-order valence-electron chi connectivity index (χ3n) is 3.90. The summed E-state index contributed by atoms with van der Waals surface area (Å²) < 4.78 is 16.0. The number of esters is 1. The van der Waals surface area contributed by atoms with Crippen LogP contribution in [0.3, 0.4) is 0 Å². The number of ether oxygens (including phenoxy) is 2. The molecule has 2 aromatic carbocycles. The highest BCUT2D eigenvalue weighted by atomic mass is 35.5. The predicted molar refractivity (Wildman–Crippen MR) is 98.6 cm³/mol. The molecular weight excluding hydrogens is 356 g/mol. The van der Waals surface area contributed by atoms with E-state index in [9.17, 15) is 9.59 Å². The second kappa shape index (κ2) is 7.62. The molecule has 0 aliphatic rings. The summed E-state index contributed by atoms with van der Waals surface area (Å²) in [5, 5.41) is 1.35. The lowest BCUT2D eigenvalue weighted by molar-refractivity contribution is -0.152. The minimum atomic E-state index is -0.827. The fraction of sp³-hybridized carbons (Fsp3) is 0.200. The van der Waals surface area contributed by atoms with Crippen molar-refractivity contribution in [2.75, 3.05) is 0 Å². The second-order valence-electron chi connectivity index (χ2n) is 5.87. The van der Waals surface area contributed by atoms with Crippen molar-refractivity contribution < 1.29 is 18.7 Å². The fourth-order valence-electron chi connectivity index (χ4n) is 2.51. The Morgan fingerprint density at radius 2 is 1.96 bits per heavy atom. The molecule has 0 saturated heterocycles. The molecule has 1 atom stereocenters. The number of aryl methyl sites for hydroxylation is 1. The molecule has 26 heavy (non-hydrogen) atoms. The third-order valence-corrected chi connectivity index (χ3v) is 4.26. The molecule has 3 aromatic rings. The first-order valence-corrected chi connectivity index (χ1v) is 8.43. The highest BCUT2D eigenvalue weighted by Crippen LogP contribution is 2.23. The Hall–Kier alpha value is -2.79. The smallest absolute Gasteiger partial charge is 0.347 e. The van der Waals surface area contributed by atoms with Crippen LogP contribution in [-0.2, 0) is 16.1 Å². The van der Waals surface area contributed by atoms with Gasteiger partial charge in [0.2, 0.25) is 0 Å². The van der Waals surface area contributed by atoms with Gasteiger partial charge in [-0.15, -0.1) is 0 Å². The lowest BCUT2D eigenvalue weighted by Gasteiger charge is -2.14. The summed E-state index contributed by atoms with van der Waals surface area (Å²) in [5.41, 5.74) is 1.51. The summed E-state index contributed by atoms with van der Waals surface area (Å²) in [6.07, 6.45) is -0.827. The van der Waals surface area contributed by atoms with Crippen LogP contribution in [-0.4, -0.2) is 12.1 Å². The van der Waals surface area contributed by atoms with Gasteiger partial charge in [0, 0.05) is 28.1 Å². The Morgan fingerprint density at radius 3 is 2.73 bits per heavy atom. The molecule has 134 valence electrons. The Bertz CT molecular complexity index is 1010. The summed E-state index contributed by atoms with van der Waals surface area (Å²) in [6, 6.07) is 13.7. The molecule has 1 unspecified atom stereocenters. The molecule has 0 fully saturated rings. The molecule has 1 heterocycles. The number of fused-ring (bicyclic) bond motifs is 1. The fourth-order valence-corrected chi connectivity index (χ4v) is 2.70. The summed E-state index contributed by atoms with van der Waals surface area (Å²) >= 11 is 6.04. The van der Waals surface area contributed by atoms with Crippen molar-refractivity contribution in [1.82, 2.24) is 0 Å². The van der Waals surface area contributed by atoms with Crippen molar-refractivity contribution in [2.24, 2.45) is 0 Å². The number of halogens is 1. The maximum Gasteiger partial charge on any atom is 0.347 e. The van der Waals surface area contributed by atoms with Crippen molar-refractivity contribution in [3.63, 3.8) is 0 Å². The molecule has 0 saturated carbocycles. The minimum Gasteiger partial charge on any atom is -0.479 e. The first kappa shape index (κ1) is 18.0. The van der Waals surface area contributed by atoms with Gasteiger partial charge in [0.25, 0.3) is 0 Å². The van der Waals surface area contributed by atoms with Crippen molar-refractivity contribution >= 4 is 28.5 Å². The molecule has 0 spiro atoms. The molecule has 0 radical (unpaired) electrons. The van der Waals surface area contributed by atoms with Crippen LogP contribution in [0.5, 0.6) is 5.75 Å². The zero-order chi connectivity index (χ0) is 18.7. The van der Waals surface area contributed by atoms with Crippen LogP contribution in [0.15, 0.2) is 57.7 Å². The molecular formula is C20H17ClO5. The first-order valence-electron chi connectivity index (χ1n) is 8.05. The SMILES string of the molecule is Cc1cc(=O)oc2cc(OC(C)C(=O)OCc3ccccc3Cl)ccc12. The van der Waals surface area contributed by atoms with E-state index in [1.807, 2.05) is 13.0 Å². The standard InChI is InChI=1S/C20H17ClO5/c1-12-9-19(22)26-18-10-15(7-8-16(12)18)25-13(2)20(23)24-11-14-5-3-4-6-17(14)21/h3-10,13H,11H2,1-2H3. The molecule has 0 amide bonds. The van der Waals surface area contributed by atoms with E-state index in [0.29, 0.717) is 16.4 Å². The molecule has 5 nitrogen and oxygen atoms in total. The van der Waals surface area contributed by atoms with Gasteiger partial charge in [0.1, 0.15) is 17.9 Å². The summed E-state index contributed by atoms with van der Waals surface area (Å²) in [4.78, 5) is 23.6. The average Bonchev–Trinajstić information content (AvgIpc) is 2.60. The lowest BCUT2D eigenvalue weighted by Crippen LogP contribution is -2.26. The predicted octanol–water partition coefficient (Wildman–Crippen LogP) is 4.27. The van der Waals surface area contributed by atoms with Gasteiger partial charge in [0.05, 0.1) is 0 Å². The van der Waals surface area contributed by atoms with Crippen molar-refractivity contribution in [1.29, 1.82) is 0 Å². The molecule has 6 heteroatoms. The zero-order valence-corrected chi connectivity index (χ0v) is 15.1. The third kappa shape index (κ3) is 4.06. The van der Waals surface area contributed by atoms with E-state index in [2.05, 4.69) is 0 Å². The van der Waals surface area contributed by atoms with E-state index in [-0.39, 0.29) is 6.61 Å². The molecule has 1 aromatic heterocycles. The molecule has 0 N–H and O–H groups in total. The van der Waals surface area contributed by atoms with E-state index >= 15 is 0 Å². The lowest BCUT2D eigenvalue weighted by atomic mass is 10.1. The van der Waals surface area contributed by atoms with Crippen LogP contribution in [0.2, 0.25) is 5.02 Å². The number of carbonyl (C=O) groups is 1.